The number of carbonyl (C=O) groups is 2. The molecule has 1 heterocycles. The van der Waals surface area contributed by atoms with Gasteiger partial charge < -0.3 is 19.5 Å². The summed E-state index contributed by atoms with van der Waals surface area (Å²) in [5, 5.41) is 9.87. The number of amides is 1. The van der Waals surface area contributed by atoms with Crippen molar-refractivity contribution >= 4 is 12.1 Å². The van der Waals surface area contributed by atoms with Crippen molar-refractivity contribution < 1.29 is 24.2 Å². The number of aliphatic hydroxyl groups is 1. The van der Waals surface area contributed by atoms with Crippen molar-refractivity contribution in [3.8, 4) is 0 Å². The van der Waals surface area contributed by atoms with Gasteiger partial charge in [0.15, 0.2) is 0 Å². The fourth-order valence-corrected chi connectivity index (χ4v) is 2.02. The Balaban J connectivity index is 2.90. The Morgan fingerprint density at radius 2 is 2.00 bits per heavy atom. The number of carbonyl (C=O) groups excluding carboxylic acids is 2. The molecule has 0 saturated carbocycles. The van der Waals surface area contributed by atoms with Crippen LogP contribution in [0, 0.1) is 0 Å². The maximum Gasteiger partial charge on any atom is 0.410 e. The van der Waals surface area contributed by atoms with Crippen molar-refractivity contribution in [3.63, 3.8) is 0 Å². The van der Waals surface area contributed by atoms with Crippen LogP contribution in [0.25, 0.3) is 0 Å². The van der Waals surface area contributed by atoms with Crippen LogP contribution in [0.3, 0.4) is 0 Å². The molecule has 114 valence electrons. The molecule has 6 heteroatoms. The SMILES string of the molecule is CCOC(=O)C1=C(O)CCN(C(=O)OC(C)(C)C)C1C. The number of ether oxygens (including phenoxy) is 2. The highest BCUT2D eigenvalue weighted by atomic mass is 16.6. The Hall–Kier alpha value is -1.72. The second kappa shape index (κ2) is 6.15. The van der Waals surface area contributed by atoms with Crippen LogP contribution >= 0.6 is 0 Å². The lowest BCUT2D eigenvalue weighted by atomic mass is 10.00. The number of hydrogen-bond acceptors (Lipinski definition) is 5. The maximum atomic E-state index is 12.1. The zero-order valence-electron chi connectivity index (χ0n) is 12.7. The van der Waals surface area contributed by atoms with Gasteiger partial charge in [-0.25, -0.2) is 9.59 Å². The first-order chi connectivity index (χ1) is 9.17. The van der Waals surface area contributed by atoms with E-state index >= 15 is 0 Å². The number of esters is 1. The Labute approximate surface area is 119 Å². The van der Waals surface area contributed by atoms with E-state index in [4.69, 9.17) is 9.47 Å². The molecule has 0 aromatic rings. The molecule has 0 bridgehead atoms. The van der Waals surface area contributed by atoms with Crippen molar-refractivity contribution in [3.05, 3.63) is 11.3 Å². The van der Waals surface area contributed by atoms with Crippen LogP contribution < -0.4 is 0 Å². The summed E-state index contributed by atoms with van der Waals surface area (Å²) >= 11 is 0. The van der Waals surface area contributed by atoms with Gasteiger partial charge in [0.05, 0.1) is 18.2 Å². The number of aliphatic hydroxyl groups excluding tert-OH is 1. The molecule has 1 N–H and O–H groups in total. The van der Waals surface area contributed by atoms with Gasteiger partial charge in [0, 0.05) is 13.0 Å². The molecule has 0 aliphatic carbocycles. The molecule has 0 spiro atoms. The number of rotatable bonds is 2. The van der Waals surface area contributed by atoms with Crippen LogP contribution in [-0.4, -0.2) is 46.9 Å². The maximum absolute atomic E-state index is 12.1. The highest BCUT2D eigenvalue weighted by Crippen LogP contribution is 2.25. The van der Waals surface area contributed by atoms with Crippen molar-refractivity contribution in [1.82, 2.24) is 4.90 Å². The lowest BCUT2D eigenvalue weighted by Crippen LogP contribution is -2.47. The molecular weight excluding hydrogens is 262 g/mol. The van der Waals surface area contributed by atoms with Gasteiger partial charge in [-0.05, 0) is 34.6 Å². The van der Waals surface area contributed by atoms with Crippen molar-refractivity contribution in [2.75, 3.05) is 13.2 Å². The Morgan fingerprint density at radius 3 is 2.50 bits per heavy atom. The summed E-state index contributed by atoms with van der Waals surface area (Å²) in [6, 6.07) is -0.572. The van der Waals surface area contributed by atoms with Crippen molar-refractivity contribution in [2.45, 2.75) is 52.7 Å². The zero-order chi connectivity index (χ0) is 15.5. The molecule has 20 heavy (non-hydrogen) atoms. The van der Waals surface area contributed by atoms with Gasteiger partial charge in [0.25, 0.3) is 0 Å². The first-order valence-corrected chi connectivity index (χ1v) is 6.76. The molecule has 0 aromatic carbocycles. The van der Waals surface area contributed by atoms with E-state index in [0.29, 0.717) is 6.54 Å². The standard InChI is InChI=1S/C14H23NO5/c1-6-19-12(17)11-9(2)15(8-7-10(11)16)13(18)20-14(3,4)5/h9,16H,6-8H2,1-5H3. The predicted octanol–water partition coefficient (Wildman–Crippen LogP) is 2.39. The molecule has 0 saturated heterocycles. The van der Waals surface area contributed by atoms with Gasteiger partial charge in [-0.15, -0.1) is 0 Å². The second-order valence-electron chi connectivity index (χ2n) is 5.68. The highest BCUT2D eigenvalue weighted by Gasteiger charge is 2.36. The molecular formula is C14H23NO5. The molecule has 1 aliphatic heterocycles. The monoisotopic (exact) mass is 285 g/mol. The third-order valence-electron chi connectivity index (χ3n) is 2.91. The molecule has 0 aromatic heterocycles. The van der Waals surface area contributed by atoms with Gasteiger partial charge in [-0.1, -0.05) is 0 Å². The molecule has 1 aliphatic rings. The normalized spacial score (nSPS) is 19.9. The first-order valence-electron chi connectivity index (χ1n) is 6.76. The van der Waals surface area contributed by atoms with Gasteiger partial charge >= 0.3 is 12.1 Å². The topological polar surface area (TPSA) is 76.1 Å². The fraction of sp³-hybridized carbons (Fsp3) is 0.714. The van der Waals surface area contributed by atoms with E-state index in [2.05, 4.69) is 0 Å². The summed E-state index contributed by atoms with van der Waals surface area (Å²) < 4.78 is 10.2. The van der Waals surface area contributed by atoms with Gasteiger partial charge in [0.2, 0.25) is 0 Å². The van der Waals surface area contributed by atoms with E-state index in [0.717, 1.165) is 0 Å². The van der Waals surface area contributed by atoms with Gasteiger partial charge in [0.1, 0.15) is 11.4 Å². The summed E-state index contributed by atoms with van der Waals surface area (Å²) in [5.74, 6) is -0.610. The Morgan fingerprint density at radius 1 is 1.40 bits per heavy atom. The number of nitrogens with zero attached hydrogens (tertiary/aromatic N) is 1. The fourth-order valence-electron chi connectivity index (χ4n) is 2.02. The van der Waals surface area contributed by atoms with Crippen LogP contribution in [0.15, 0.2) is 11.3 Å². The lowest BCUT2D eigenvalue weighted by Gasteiger charge is -2.35. The average molecular weight is 285 g/mol. The quantitative estimate of drug-likeness (QED) is 0.788. The minimum absolute atomic E-state index is 0.0178. The Bertz CT molecular complexity index is 422. The third kappa shape index (κ3) is 3.88. The van der Waals surface area contributed by atoms with Crippen LogP contribution in [0.5, 0.6) is 0 Å². The van der Waals surface area contributed by atoms with Crippen molar-refractivity contribution in [2.24, 2.45) is 0 Å². The molecule has 1 amide bonds. The largest absolute Gasteiger partial charge is 0.512 e. The summed E-state index contributed by atoms with van der Waals surface area (Å²) in [4.78, 5) is 25.4. The van der Waals surface area contributed by atoms with E-state index in [1.54, 1.807) is 34.6 Å². The van der Waals surface area contributed by atoms with Crippen molar-refractivity contribution in [1.29, 1.82) is 0 Å². The summed E-state index contributed by atoms with van der Waals surface area (Å²) in [7, 11) is 0. The molecule has 0 radical (unpaired) electrons. The lowest BCUT2D eigenvalue weighted by molar-refractivity contribution is -0.139. The minimum Gasteiger partial charge on any atom is -0.512 e. The van der Waals surface area contributed by atoms with E-state index in [9.17, 15) is 14.7 Å². The second-order valence-corrected chi connectivity index (χ2v) is 5.68. The summed E-state index contributed by atoms with van der Waals surface area (Å²) in [5.41, 5.74) is -0.478. The number of hydrogen-bond donors (Lipinski definition) is 1. The van der Waals surface area contributed by atoms with E-state index in [1.807, 2.05) is 0 Å². The zero-order valence-corrected chi connectivity index (χ0v) is 12.7. The summed E-state index contributed by atoms with van der Waals surface area (Å²) in [6.45, 7) is 9.22. The molecule has 1 unspecified atom stereocenters. The smallest absolute Gasteiger partial charge is 0.410 e. The van der Waals surface area contributed by atoms with E-state index in [1.165, 1.54) is 4.90 Å². The predicted molar refractivity (Wildman–Crippen MR) is 73.3 cm³/mol. The van der Waals surface area contributed by atoms with Gasteiger partial charge in [-0.3, -0.25) is 0 Å². The van der Waals surface area contributed by atoms with Crippen LogP contribution in [0.1, 0.15) is 41.0 Å². The highest BCUT2D eigenvalue weighted by molar-refractivity contribution is 5.91. The molecule has 1 atom stereocenters. The van der Waals surface area contributed by atoms with E-state index in [-0.39, 0.29) is 24.4 Å². The minimum atomic E-state index is -0.607. The van der Waals surface area contributed by atoms with Crippen LogP contribution in [-0.2, 0) is 14.3 Å². The molecule has 6 nitrogen and oxygen atoms in total. The Kier molecular flexibility index (Phi) is 5.03. The van der Waals surface area contributed by atoms with E-state index < -0.39 is 23.7 Å². The summed E-state index contributed by atoms with van der Waals surface area (Å²) in [6.07, 6.45) is -0.281. The first kappa shape index (κ1) is 16.3. The van der Waals surface area contributed by atoms with Crippen LogP contribution in [0.2, 0.25) is 0 Å². The van der Waals surface area contributed by atoms with Crippen LogP contribution in [0.4, 0.5) is 4.79 Å². The molecule has 0 fully saturated rings. The average Bonchev–Trinajstić information content (AvgIpc) is 2.26. The molecule has 1 rings (SSSR count). The third-order valence-corrected chi connectivity index (χ3v) is 2.91. The van der Waals surface area contributed by atoms with Gasteiger partial charge in [-0.2, -0.15) is 0 Å².